The van der Waals surface area contributed by atoms with Gasteiger partial charge in [0.2, 0.25) is 5.90 Å². The second-order valence-corrected chi connectivity index (χ2v) is 5.60. The third-order valence-corrected chi connectivity index (χ3v) is 3.98. The van der Waals surface area contributed by atoms with E-state index in [1.807, 2.05) is 25.1 Å². The Kier molecular flexibility index (Phi) is 4.93. The van der Waals surface area contributed by atoms with E-state index in [1.54, 1.807) is 31.4 Å². The van der Waals surface area contributed by atoms with Gasteiger partial charge in [0.25, 0.3) is 0 Å². The predicted molar refractivity (Wildman–Crippen MR) is 97.9 cm³/mol. The van der Waals surface area contributed by atoms with Crippen LogP contribution in [0.4, 0.5) is 0 Å². The molecule has 0 unspecified atom stereocenters. The third kappa shape index (κ3) is 3.26. The van der Waals surface area contributed by atoms with Gasteiger partial charge in [0.1, 0.15) is 22.8 Å². The number of ether oxygens (including phenoxy) is 4. The summed E-state index contributed by atoms with van der Waals surface area (Å²) in [6, 6.07) is 10.9. The Balaban J connectivity index is 2.01. The molecule has 0 fully saturated rings. The van der Waals surface area contributed by atoms with Gasteiger partial charge >= 0.3 is 5.97 Å². The van der Waals surface area contributed by atoms with Gasteiger partial charge in [-0.3, -0.25) is 0 Å². The highest BCUT2D eigenvalue weighted by Crippen LogP contribution is 2.32. The maximum absolute atomic E-state index is 12.3. The minimum Gasteiger partial charge on any atom is -0.496 e. The standard InChI is InChI=1S/C20H19NO5/c1-12-10-13(8-9-15(12)23-2)11-14-20(22)26-19(21-14)18-16(24-3)6-5-7-17(18)25-4/h5-11H,1-4H3/b14-11+. The molecule has 0 radical (unpaired) electrons. The first-order valence-electron chi connectivity index (χ1n) is 7.96. The van der Waals surface area contributed by atoms with Gasteiger partial charge in [-0.1, -0.05) is 12.1 Å². The number of nitrogens with zero attached hydrogens (tertiary/aromatic N) is 1. The summed E-state index contributed by atoms with van der Waals surface area (Å²) in [5.41, 5.74) is 2.49. The fourth-order valence-corrected chi connectivity index (χ4v) is 2.73. The summed E-state index contributed by atoms with van der Waals surface area (Å²) in [4.78, 5) is 16.6. The third-order valence-electron chi connectivity index (χ3n) is 3.98. The molecule has 0 bridgehead atoms. The summed E-state index contributed by atoms with van der Waals surface area (Å²) < 4.78 is 21.3. The molecular formula is C20H19NO5. The molecule has 0 N–H and O–H groups in total. The highest BCUT2D eigenvalue weighted by atomic mass is 16.6. The van der Waals surface area contributed by atoms with E-state index < -0.39 is 5.97 Å². The van der Waals surface area contributed by atoms with Crippen LogP contribution in [0, 0.1) is 6.92 Å². The van der Waals surface area contributed by atoms with E-state index in [9.17, 15) is 4.79 Å². The monoisotopic (exact) mass is 353 g/mol. The second-order valence-electron chi connectivity index (χ2n) is 5.60. The number of esters is 1. The molecule has 6 heteroatoms. The Morgan fingerprint density at radius 1 is 0.962 bits per heavy atom. The van der Waals surface area contributed by atoms with Crippen LogP contribution in [-0.4, -0.2) is 33.2 Å². The van der Waals surface area contributed by atoms with E-state index in [-0.39, 0.29) is 11.6 Å². The predicted octanol–water partition coefficient (Wildman–Crippen LogP) is 3.37. The molecule has 0 aromatic heterocycles. The van der Waals surface area contributed by atoms with Crippen LogP contribution in [0.25, 0.3) is 6.08 Å². The Morgan fingerprint density at radius 2 is 1.62 bits per heavy atom. The lowest BCUT2D eigenvalue weighted by Gasteiger charge is -2.11. The lowest BCUT2D eigenvalue weighted by Crippen LogP contribution is -2.08. The smallest absolute Gasteiger partial charge is 0.363 e. The van der Waals surface area contributed by atoms with Crippen molar-refractivity contribution in [3.63, 3.8) is 0 Å². The van der Waals surface area contributed by atoms with E-state index in [0.717, 1.165) is 16.9 Å². The van der Waals surface area contributed by atoms with E-state index in [0.29, 0.717) is 17.1 Å². The number of benzene rings is 2. The van der Waals surface area contributed by atoms with Crippen molar-refractivity contribution in [3.8, 4) is 17.2 Å². The average Bonchev–Trinajstić information content (AvgIpc) is 3.01. The molecule has 0 atom stereocenters. The minimum atomic E-state index is -0.526. The normalized spacial score (nSPS) is 14.8. The Morgan fingerprint density at radius 3 is 2.19 bits per heavy atom. The summed E-state index contributed by atoms with van der Waals surface area (Å²) in [6.07, 6.45) is 1.67. The molecule has 26 heavy (non-hydrogen) atoms. The van der Waals surface area contributed by atoms with Crippen molar-refractivity contribution in [1.82, 2.24) is 0 Å². The van der Waals surface area contributed by atoms with Crippen LogP contribution < -0.4 is 14.2 Å². The fraction of sp³-hybridized carbons (Fsp3) is 0.200. The highest BCUT2D eigenvalue weighted by Gasteiger charge is 2.28. The molecule has 1 aliphatic heterocycles. The maximum Gasteiger partial charge on any atom is 0.363 e. The Labute approximate surface area is 151 Å². The largest absolute Gasteiger partial charge is 0.496 e. The number of rotatable bonds is 5. The van der Waals surface area contributed by atoms with Gasteiger partial charge in [0.05, 0.1) is 21.3 Å². The van der Waals surface area contributed by atoms with Crippen molar-refractivity contribution in [2.75, 3.05) is 21.3 Å². The number of cyclic esters (lactones) is 1. The second kappa shape index (κ2) is 7.31. The molecule has 1 heterocycles. The molecular weight excluding hydrogens is 334 g/mol. The first-order valence-corrected chi connectivity index (χ1v) is 7.96. The number of hydrogen-bond acceptors (Lipinski definition) is 6. The number of aryl methyl sites for hydroxylation is 1. The van der Waals surface area contributed by atoms with Crippen molar-refractivity contribution in [2.45, 2.75) is 6.92 Å². The van der Waals surface area contributed by atoms with Crippen molar-refractivity contribution < 1.29 is 23.7 Å². The molecule has 0 spiro atoms. The van der Waals surface area contributed by atoms with E-state index in [2.05, 4.69) is 4.99 Å². The van der Waals surface area contributed by atoms with Crippen LogP contribution in [0.15, 0.2) is 47.1 Å². The van der Waals surface area contributed by atoms with Gasteiger partial charge in [0, 0.05) is 0 Å². The van der Waals surface area contributed by atoms with E-state index >= 15 is 0 Å². The van der Waals surface area contributed by atoms with Crippen LogP contribution in [0.3, 0.4) is 0 Å². The van der Waals surface area contributed by atoms with E-state index in [4.69, 9.17) is 18.9 Å². The quantitative estimate of drug-likeness (QED) is 0.609. The summed E-state index contributed by atoms with van der Waals surface area (Å²) in [7, 11) is 4.69. The molecule has 0 amide bonds. The Bertz CT molecular complexity index is 892. The zero-order valence-corrected chi connectivity index (χ0v) is 15.0. The number of hydrogen-bond donors (Lipinski definition) is 0. The molecule has 134 valence electrons. The SMILES string of the molecule is COc1ccc(/C=C2/N=C(c3c(OC)cccc3OC)OC2=O)cc1C. The molecule has 3 rings (SSSR count). The summed E-state index contributed by atoms with van der Waals surface area (Å²) in [5.74, 6) is 1.43. The van der Waals surface area contributed by atoms with Gasteiger partial charge in [-0.25, -0.2) is 9.79 Å². The molecule has 0 aliphatic carbocycles. The topological polar surface area (TPSA) is 66.3 Å². The average molecular weight is 353 g/mol. The zero-order chi connectivity index (χ0) is 18.7. The van der Waals surface area contributed by atoms with E-state index in [1.165, 1.54) is 14.2 Å². The zero-order valence-electron chi connectivity index (χ0n) is 15.0. The minimum absolute atomic E-state index is 0.154. The summed E-state index contributed by atoms with van der Waals surface area (Å²) in [6.45, 7) is 1.93. The molecule has 6 nitrogen and oxygen atoms in total. The van der Waals surface area contributed by atoms with Crippen LogP contribution >= 0.6 is 0 Å². The van der Waals surface area contributed by atoms with Crippen LogP contribution in [-0.2, 0) is 9.53 Å². The molecule has 2 aromatic carbocycles. The van der Waals surface area contributed by atoms with Crippen LogP contribution in [0.1, 0.15) is 16.7 Å². The van der Waals surface area contributed by atoms with Crippen LogP contribution in [0.2, 0.25) is 0 Å². The van der Waals surface area contributed by atoms with Gasteiger partial charge in [-0.15, -0.1) is 0 Å². The number of carbonyl (C=O) groups is 1. The number of methoxy groups -OCH3 is 3. The van der Waals surface area contributed by atoms with Crippen molar-refractivity contribution >= 4 is 17.9 Å². The summed E-state index contributed by atoms with van der Waals surface area (Å²) >= 11 is 0. The van der Waals surface area contributed by atoms with Crippen molar-refractivity contribution in [2.24, 2.45) is 4.99 Å². The van der Waals surface area contributed by atoms with Crippen molar-refractivity contribution in [3.05, 3.63) is 58.8 Å². The number of carbonyl (C=O) groups excluding carboxylic acids is 1. The number of aliphatic imine (C=N–C) groups is 1. The molecule has 2 aromatic rings. The van der Waals surface area contributed by atoms with Gasteiger partial charge in [0.15, 0.2) is 5.70 Å². The molecule has 0 saturated heterocycles. The fourth-order valence-electron chi connectivity index (χ4n) is 2.73. The maximum atomic E-state index is 12.3. The van der Waals surface area contributed by atoms with Gasteiger partial charge in [-0.05, 0) is 48.4 Å². The molecule has 1 aliphatic rings. The highest BCUT2D eigenvalue weighted by molar-refractivity contribution is 6.14. The summed E-state index contributed by atoms with van der Waals surface area (Å²) in [5, 5.41) is 0. The first kappa shape index (κ1) is 17.5. The van der Waals surface area contributed by atoms with Gasteiger partial charge in [-0.2, -0.15) is 0 Å². The van der Waals surface area contributed by atoms with Crippen LogP contribution in [0.5, 0.6) is 17.2 Å². The van der Waals surface area contributed by atoms with Gasteiger partial charge < -0.3 is 18.9 Å². The molecule has 0 saturated carbocycles. The van der Waals surface area contributed by atoms with Crippen molar-refractivity contribution in [1.29, 1.82) is 0 Å². The first-order chi connectivity index (χ1) is 12.6. The Hall–Kier alpha value is -3.28. The lowest BCUT2D eigenvalue weighted by molar-refractivity contribution is -0.129. The lowest BCUT2D eigenvalue weighted by atomic mass is 10.1.